The van der Waals surface area contributed by atoms with Crippen molar-refractivity contribution >= 4 is 23.4 Å². The van der Waals surface area contributed by atoms with E-state index in [2.05, 4.69) is 41.1 Å². The molecule has 30 heavy (non-hydrogen) atoms. The number of hydrogen-bond acceptors (Lipinski definition) is 3. The Labute approximate surface area is 181 Å². The van der Waals surface area contributed by atoms with Gasteiger partial charge in [-0.15, -0.1) is 0 Å². The van der Waals surface area contributed by atoms with Crippen molar-refractivity contribution in [3.8, 4) is 16.9 Å². The molecule has 1 amide bonds. The summed E-state index contributed by atoms with van der Waals surface area (Å²) in [5, 5.41) is 3.76. The highest BCUT2D eigenvalue weighted by Gasteiger charge is 2.18. The number of rotatable bonds is 6. The van der Waals surface area contributed by atoms with Crippen LogP contribution in [0.25, 0.3) is 16.9 Å². The van der Waals surface area contributed by atoms with Crippen molar-refractivity contribution in [2.45, 2.75) is 19.0 Å². The molecule has 4 aromatic rings. The summed E-state index contributed by atoms with van der Waals surface area (Å²) in [6.07, 6.45) is 0. The summed E-state index contributed by atoms with van der Waals surface area (Å²) in [4.78, 5) is 17.4. The fourth-order valence-corrected chi connectivity index (χ4v) is 4.15. The van der Waals surface area contributed by atoms with E-state index in [4.69, 9.17) is 4.98 Å². The molecule has 1 heterocycles. The Morgan fingerprint density at radius 2 is 1.53 bits per heavy atom. The van der Waals surface area contributed by atoms with Crippen molar-refractivity contribution in [3.05, 3.63) is 96.2 Å². The predicted octanol–water partition coefficient (Wildman–Crippen LogP) is 5.89. The SMILES string of the molecule is Cc1ccc(NC(=O)CSc2nc(-c3ccccc3)c(C)n2-c2ccccc2)cc1. The number of carbonyl (C=O) groups is 1. The standard InChI is InChI=1S/C25H23N3OS/c1-18-13-15-21(16-14-18)26-23(29)17-30-25-27-24(20-9-5-3-6-10-20)19(2)28(25)22-11-7-4-8-12-22/h3-16H,17H2,1-2H3,(H,26,29). The summed E-state index contributed by atoms with van der Waals surface area (Å²) >= 11 is 1.44. The molecule has 0 aliphatic carbocycles. The lowest BCUT2D eigenvalue weighted by atomic mass is 10.1. The highest BCUT2D eigenvalue weighted by atomic mass is 32.2. The minimum Gasteiger partial charge on any atom is -0.325 e. The van der Waals surface area contributed by atoms with Gasteiger partial charge in [-0.25, -0.2) is 4.98 Å². The van der Waals surface area contributed by atoms with Gasteiger partial charge in [-0.3, -0.25) is 9.36 Å². The van der Waals surface area contributed by atoms with Gasteiger partial charge in [-0.1, -0.05) is 78.0 Å². The van der Waals surface area contributed by atoms with Crippen molar-refractivity contribution in [2.75, 3.05) is 11.1 Å². The highest BCUT2D eigenvalue weighted by molar-refractivity contribution is 7.99. The highest BCUT2D eigenvalue weighted by Crippen LogP contribution is 2.31. The zero-order valence-corrected chi connectivity index (χ0v) is 17.8. The summed E-state index contributed by atoms with van der Waals surface area (Å²) in [7, 11) is 0. The van der Waals surface area contributed by atoms with Crippen molar-refractivity contribution in [1.29, 1.82) is 0 Å². The molecule has 1 N–H and O–H groups in total. The monoisotopic (exact) mass is 413 g/mol. The van der Waals surface area contributed by atoms with Crippen LogP contribution in [0.2, 0.25) is 0 Å². The van der Waals surface area contributed by atoms with Crippen LogP contribution in [-0.2, 0) is 4.79 Å². The third-order valence-electron chi connectivity index (χ3n) is 4.81. The molecule has 0 saturated carbocycles. The number of nitrogens with one attached hydrogen (secondary N) is 1. The number of thioether (sulfide) groups is 1. The first-order valence-corrected chi connectivity index (χ1v) is 10.8. The summed E-state index contributed by atoms with van der Waals surface area (Å²) in [5.41, 5.74) is 6.05. The lowest BCUT2D eigenvalue weighted by Gasteiger charge is -2.10. The fourth-order valence-electron chi connectivity index (χ4n) is 3.29. The Morgan fingerprint density at radius 1 is 0.900 bits per heavy atom. The van der Waals surface area contributed by atoms with Crippen molar-refractivity contribution in [1.82, 2.24) is 9.55 Å². The summed E-state index contributed by atoms with van der Waals surface area (Å²) in [6.45, 7) is 4.09. The van der Waals surface area contributed by atoms with Crippen LogP contribution in [0.5, 0.6) is 0 Å². The summed E-state index contributed by atoms with van der Waals surface area (Å²) < 4.78 is 2.12. The average Bonchev–Trinajstić information content (AvgIpc) is 3.11. The molecule has 0 aliphatic rings. The molecule has 5 heteroatoms. The average molecular weight is 414 g/mol. The van der Waals surface area contributed by atoms with Gasteiger partial charge in [0.25, 0.3) is 0 Å². The predicted molar refractivity (Wildman–Crippen MR) is 124 cm³/mol. The van der Waals surface area contributed by atoms with Crippen molar-refractivity contribution < 1.29 is 4.79 Å². The Balaban J connectivity index is 1.60. The van der Waals surface area contributed by atoms with Crippen LogP contribution in [0, 0.1) is 13.8 Å². The minimum absolute atomic E-state index is 0.0506. The van der Waals surface area contributed by atoms with Crippen LogP contribution in [0.3, 0.4) is 0 Å². The van der Waals surface area contributed by atoms with Crippen molar-refractivity contribution in [2.24, 2.45) is 0 Å². The van der Waals surface area contributed by atoms with Gasteiger partial charge in [0.15, 0.2) is 5.16 Å². The third-order valence-corrected chi connectivity index (χ3v) is 5.74. The molecule has 4 nitrogen and oxygen atoms in total. The Morgan fingerprint density at radius 3 is 2.20 bits per heavy atom. The number of aryl methyl sites for hydroxylation is 1. The van der Waals surface area contributed by atoms with Gasteiger partial charge in [-0.2, -0.15) is 0 Å². The molecule has 0 atom stereocenters. The molecule has 0 fully saturated rings. The van der Waals surface area contributed by atoms with E-state index in [9.17, 15) is 4.79 Å². The largest absolute Gasteiger partial charge is 0.325 e. The molecule has 150 valence electrons. The molecular weight excluding hydrogens is 390 g/mol. The molecule has 0 bridgehead atoms. The van der Waals surface area contributed by atoms with E-state index < -0.39 is 0 Å². The molecule has 4 rings (SSSR count). The number of imidazole rings is 1. The normalized spacial score (nSPS) is 10.7. The van der Waals surface area contributed by atoms with E-state index in [1.165, 1.54) is 11.8 Å². The van der Waals surface area contributed by atoms with Crippen LogP contribution < -0.4 is 5.32 Å². The Hall–Kier alpha value is -3.31. The smallest absolute Gasteiger partial charge is 0.234 e. The Bertz CT molecular complexity index is 1140. The van der Waals surface area contributed by atoms with Crippen LogP contribution in [0.1, 0.15) is 11.3 Å². The van der Waals surface area contributed by atoms with Gasteiger partial charge in [0, 0.05) is 22.6 Å². The fraction of sp³-hybridized carbons (Fsp3) is 0.120. The molecule has 0 unspecified atom stereocenters. The van der Waals surface area contributed by atoms with Crippen molar-refractivity contribution in [3.63, 3.8) is 0 Å². The van der Waals surface area contributed by atoms with Gasteiger partial charge in [0.05, 0.1) is 11.4 Å². The van der Waals surface area contributed by atoms with Crippen LogP contribution in [0.15, 0.2) is 90.1 Å². The van der Waals surface area contributed by atoms with Crippen LogP contribution >= 0.6 is 11.8 Å². The first-order chi connectivity index (χ1) is 14.6. The number of aromatic nitrogens is 2. The third kappa shape index (κ3) is 4.47. The lowest BCUT2D eigenvalue weighted by Crippen LogP contribution is -2.14. The van der Waals surface area contributed by atoms with Crippen LogP contribution in [0.4, 0.5) is 5.69 Å². The van der Waals surface area contributed by atoms with E-state index >= 15 is 0 Å². The second-order valence-electron chi connectivity index (χ2n) is 7.07. The van der Waals surface area contributed by atoms with E-state index in [1.54, 1.807) is 0 Å². The maximum Gasteiger partial charge on any atom is 0.234 e. The topological polar surface area (TPSA) is 46.9 Å². The zero-order chi connectivity index (χ0) is 20.9. The van der Waals surface area contributed by atoms with Gasteiger partial charge in [0.1, 0.15) is 0 Å². The van der Waals surface area contributed by atoms with E-state index in [-0.39, 0.29) is 11.7 Å². The maximum atomic E-state index is 12.5. The lowest BCUT2D eigenvalue weighted by molar-refractivity contribution is -0.113. The number of benzene rings is 3. The number of hydrogen-bond donors (Lipinski definition) is 1. The summed E-state index contributed by atoms with van der Waals surface area (Å²) in [6, 6.07) is 28.1. The maximum absolute atomic E-state index is 12.5. The number of carbonyl (C=O) groups excluding carboxylic acids is 1. The summed E-state index contributed by atoms with van der Waals surface area (Å²) in [5.74, 6) is 0.233. The number of anilines is 1. The molecule has 0 spiro atoms. The van der Waals surface area contributed by atoms with Crippen LogP contribution in [-0.4, -0.2) is 21.2 Å². The van der Waals surface area contributed by atoms with Gasteiger partial charge < -0.3 is 5.32 Å². The Kier molecular flexibility index (Phi) is 6.00. The number of nitrogens with zero attached hydrogens (tertiary/aromatic N) is 2. The zero-order valence-electron chi connectivity index (χ0n) is 17.0. The molecule has 0 radical (unpaired) electrons. The van der Waals surface area contributed by atoms with E-state index in [0.29, 0.717) is 0 Å². The minimum atomic E-state index is -0.0506. The number of amides is 1. The number of para-hydroxylation sites is 1. The molecule has 1 aromatic heterocycles. The molecular formula is C25H23N3OS. The van der Waals surface area contributed by atoms with Gasteiger partial charge >= 0.3 is 0 Å². The first-order valence-electron chi connectivity index (χ1n) is 9.81. The second kappa shape index (κ2) is 9.01. The first kappa shape index (κ1) is 20.0. The molecule has 0 saturated heterocycles. The van der Waals surface area contributed by atoms with E-state index in [0.717, 1.165) is 39.0 Å². The second-order valence-corrected chi connectivity index (χ2v) is 8.01. The molecule has 0 aliphatic heterocycles. The van der Waals surface area contributed by atoms with E-state index in [1.807, 2.05) is 67.6 Å². The quantitative estimate of drug-likeness (QED) is 0.401. The van der Waals surface area contributed by atoms with Gasteiger partial charge in [0.2, 0.25) is 5.91 Å². The van der Waals surface area contributed by atoms with Gasteiger partial charge in [-0.05, 0) is 38.1 Å². The molecule has 3 aromatic carbocycles.